The van der Waals surface area contributed by atoms with E-state index in [-0.39, 0.29) is 18.5 Å². The summed E-state index contributed by atoms with van der Waals surface area (Å²) in [7, 11) is 0. The number of hydrogen-bond donors (Lipinski definition) is 6. The SMILES string of the molecule is CCCCC/C=C\C/C=C\CCCCCCCCCC(=O)OCCCCCCCCCCC/C=C\C/C=C\CCCCCCCCCCCCCCCCCC(=O)NC(COC1OC(CO)C(O)C(O)C1O)C(O)/C=C/CCCCCCCCC. The Hall–Kier alpha value is -2.64. The van der Waals surface area contributed by atoms with E-state index in [2.05, 4.69) is 67.8 Å². The number of amides is 1. The van der Waals surface area contributed by atoms with E-state index in [1.807, 2.05) is 6.08 Å². The molecule has 1 heterocycles. The van der Waals surface area contributed by atoms with Crippen molar-refractivity contribution in [2.75, 3.05) is 19.8 Å². The molecule has 0 aromatic heterocycles. The molecule has 1 aliphatic heterocycles. The second kappa shape index (κ2) is 62.9. The second-order valence-electron chi connectivity index (χ2n) is 24.9. The molecular weight excluding hydrogens is 1060 g/mol. The minimum atomic E-state index is -1.57. The van der Waals surface area contributed by atoms with Gasteiger partial charge in [0.25, 0.3) is 0 Å². The molecule has 1 rings (SSSR count). The zero-order valence-corrected chi connectivity index (χ0v) is 55.1. The zero-order chi connectivity index (χ0) is 61.6. The summed E-state index contributed by atoms with van der Waals surface area (Å²) in [5.74, 6) is -0.186. The Morgan fingerprint density at radius 2 is 0.788 bits per heavy atom. The molecule has 1 saturated heterocycles. The van der Waals surface area contributed by atoms with Gasteiger partial charge in [-0.1, -0.05) is 286 Å². The number of rotatable bonds is 63. The average Bonchev–Trinajstić information content (AvgIpc) is 3.60. The van der Waals surface area contributed by atoms with E-state index in [1.165, 1.54) is 238 Å². The Kier molecular flexibility index (Phi) is 59.5. The maximum absolute atomic E-state index is 13.0. The van der Waals surface area contributed by atoms with E-state index in [9.17, 15) is 35.1 Å². The number of aliphatic hydroxyl groups excluding tert-OH is 5. The molecule has 11 heteroatoms. The highest BCUT2D eigenvalue weighted by atomic mass is 16.7. The highest BCUT2D eigenvalue weighted by Crippen LogP contribution is 2.23. The van der Waals surface area contributed by atoms with Gasteiger partial charge in [0.15, 0.2) is 6.29 Å². The maximum atomic E-state index is 13.0. The summed E-state index contributed by atoms with van der Waals surface area (Å²) in [6.07, 6.45) is 73.7. The summed E-state index contributed by atoms with van der Waals surface area (Å²) in [6.45, 7) is 4.30. The molecule has 0 aromatic rings. The predicted molar refractivity (Wildman–Crippen MR) is 357 cm³/mol. The maximum Gasteiger partial charge on any atom is 0.305 e. The molecule has 6 N–H and O–H groups in total. The molecule has 1 fully saturated rings. The Labute approximate surface area is 522 Å². The summed E-state index contributed by atoms with van der Waals surface area (Å²) >= 11 is 0. The average molecular weight is 1200 g/mol. The number of nitrogens with one attached hydrogen (secondary N) is 1. The minimum Gasteiger partial charge on any atom is -0.466 e. The van der Waals surface area contributed by atoms with Crippen LogP contribution in [0.15, 0.2) is 60.8 Å². The van der Waals surface area contributed by atoms with Crippen molar-refractivity contribution < 1.29 is 49.3 Å². The standard InChI is InChI=1S/C74H135NO10/c1-3-5-7-9-11-13-14-15-16-32-36-39-42-46-50-54-58-62-70(79)83-63-59-55-51-47-43-40-37-34-31-29-27-25-23-21-19-17-18-20-22-24-26-28-30-33-35-38-41-45-49-53-57-61-69(78)75-66(67(77)60-56-52-48-44-12-10-8-6-4-2)65-84-74-73(82)72(81)71(80)68(64-76)85-74/h11,13,15-16,19,21,25,27,56,60,66-68,71-74,76-77,80-82H,3-10,12,14,17-18,20,22-24,26,28-55,57-59,61-65H2,1-2H3,(H,75,78)/b13-11-,16-15-,21-19-,27-25-,60-56+. The van der Waals surface area contributed by atoms with E-state index in [0.29, 0.717) is 19.4 Å². The highest BCUT2D eigenvalue weighted by molar-refractivity contribution is 5.76. The summed E-state index contributed by atoms with van der Waals surface area (Å²) < 4.78 is 16.7. The third-order valence-corrected chi connectivity index (χ3v) is 16.8. The lowest BCUT2D eigenvalue weighted by atomic mass is 9.99. The minimum absolute atomic E-state index is 0.00277. The highest BCUT2D eigenvalue weighted by Gasteiger charge is 2.44. The van der Waals surface area contributed by atoms with Crippen LogP contribution in [0.1, 0.15) is 335 Å². The zero-order valence-electron chi connectivity index (χ0n) is 55.1. The van der Waals surface area contributed by atoms with Gasteiger partial charge >= 0.3 is 5.97 Å². The van der Waals surface area contributed by atoms with Crippen molar-refractivity contribution in [2.24, 2.45) is 0 Å². The van der Waals surface area contributed by atoms with Crippen molar-refractivity contribution in [1.82, 2.24) is 5.32 Å². The number of carbonyl (C=O) groups is 2. The first-order valence-corrected chi connectivity index (χ1v) is 36.1. The molecule has 7 unspecified atom stereocenters. The number of allylic oxidation sites excluding steroid dienone is 9. The van der Waals surface area contributed by atoms with Crippen molar-refractivity contribution in [2.45, 2.75) is 378 Å². The largest absolute Gasteiger partial charge is 0.466 e. The molecular formula is C74H135NO10. The molecule has 85 heavy (non-hydrogen) atoms. The van der Waals surface area contributed by atoms with Gasteiger partial charge in [0.2, 0.25) is 5.91 Å². The molecule has 0 spiro atoms. The first-order valence-electron chi connectivity index (χ1n) is 36.1. The van der Waals surface area contributed by atoms with Crippen molar-refractivity contribution >= 4 is 11.9 Å². The van der Waals surface area contributed by atoms with Crippen LogP contribution in [-0.4, -0.2) is 100 Å². The Balaban J connectivity index is 1.92. The van der Waals surface area contributed by atoms with Crippen LogP contribution >= 0.6 is 0 Å². The number of carbonyl (C=O) groups excluding carboxylic acids is 2. The first-order chi connectivity index (χ1) is 41.7. The molecule has 1 amide bonds. The van der Waals surface area contributed by atoms with Gasteiger partial charge in [-0.15, -0.1) is 0 Å². The van der Waals surface area contributed by atoms with Crippen LogP contribution in [-0.2, 0) is 23.8 Å². The topological polar surface area (TPSA) is 175 Å². The molecule has 0 bridgehead atoms. The van der Waals surface area contributed by atoms with Gasteiger partial charge in [-0.3, -0.25) is 9.59 Å². The number of ether oxygens (including phenoxy) is 3. The summed E-state index contributed by atoms with van der Waals surface area (Å²) in [5.41, 5.74) is 0. The Bertz CT molecular complexity index is 1600. The van der Waals surface area contributed by atoms with Crippen LogP contribution in [0.25, 0.3) is 0 Å². The number of hydrogen-bond acceptors (Lipinski definition) is 10. The van der Waals surface area contributed by atoms with E-state index in [1.54, 1.807) is 6.08 Å². The third-order valence-electron chi connectivity index (χ3n) is 16.8. The normalized spacial score (nSPS) is 18.3. The quantitative estimate of drug-likeness (QED) is 0.0195. The molecule has 0 radical (unpaired) electrons. The smallest absolute Gasteiger partial charge is 0.305 e. The number of unbranched alkanes of at least 4 members (excludes halogenated alkanes) is 41. The van der Waals surface area contributed by atoms with Gasteiger partial charge in [-0.25, -0.2) is 0 Å². The van der Waals surface area contributed by atoms with E-state index >= 15 is 0 Å². The molecule has 0 saturated carbocycles. The van der Waals surface area contributed by atoms with Crippen LogP contribution in [0, 0.1) is 0 Å². The lowest BCUT2D eigenvalue weighted by Crippen LogP contribution is -2.60. The summed E-state index contributed by atoms with van der Waals surface area (Å²) in [6, 6.07) is -0.809. The van der Waals surface area contributed by atoms with E-state index in [4.69, 9.17) is 14.2 Å². The fourth-order valence-corrected chi connectivity index (χ4v) is 11.1. The fraction of sp³-hybridized carbons (Fsp3) is 0.838. The fourth-order valence-electron chi connectivity index (χ4n) is 11.1. The monoisotopic (exact) mass is 1200 g/mol. The van der Waals surface area contributed by atoms with Crippen molar-refractivity contribution in [3.05, 3.63) is 60.8 Å². The molecule has 496 valence electrons. The number of aliphatic hydroxyl groups is 5. The third kappa shape index (κ3) is 51.9. The molecule has 1 aliphatic rings. The molecule has 7 atom stereocenters. The van der Waals surface area contributed by atoms with E-state index in [0.717, 1.165) is 70.6 Å². The van der Waals surface area contributed by atoms with Crippen LogP contribution in [0.2, 0.25) is 0 Å². The van der Waals surface area contributed by atoms with Crippen LogP contribution in [0.5, 0.6) is 0 Å². The summed E-state index contributed by atoms with van der Waals surface area (Å²) in [4.78, 5) is 25.1. The lowest BCUT2D eigenvalue weighted by Gasteiger charge is -2.40. The van der Waals surface area contributed by atoms with Gasteiger partial charge in [0.05, 0.1) is 32.0 Å². The lowest BCUT2D eigenvalue weighted by molar-refractivity contribution is -0.302. The first kappa shape index (κ1) is 80.4. The van der Waals surface area contributed by atoms with Gasteiger partial charge in [0.1, 0.15) is 24.4 Å². The van der Waals surface area contributed by atoms with Gasteiger partial charge in [0, 0.05) is 12.8 Å². The van der Waals surface area contributed by atoms with Crippen LogP contribution in [0.3, 0.4) is 0 Å². The van der Waals surface area contributed by atoms with Crippen molar-refractivity contribution in [1.29, 1.82) is 0 Å². The Morgan fingerprint density at radius 1 is 0.435 bits per heavy atom. The molecule has 0 aliphatic carbocycles. The number of esters is 1. The van der Waals surface area contributed by atoms with Crippen molar-refractivity contribution in [3.63, 3.8) is 0 Å². The van der Waals surface area contributed by atoms with Gasteiger partial charge in [-0.2, -0.15) is 0 Å². The van der Waals surface area contributed by atoms with Gasteiger partial charge < -0.3 is 45.1 Å². The van der Waals surface area contributed by atoms with Crippen molar-refractivity contribution in [3.8, 4) is 0 Å². The predicted octanol–water partition coefficient (Wildman–Crippen LogP) is 18.5. The molecule has 0 aromatic carbocycles. The Morgan fingerprint density at radius 3 is 1.21 bits per heavy atom. The second-order valence-corrected chi connectivity index (χ2v) is 24.9. The van der Waals surface area contributed by atoms with Crippen LogP contribution in [0.4, 0.5) is 0 Å². The molecule has 11 nitrogen and oxygen atoms in total. The van der Waals surface area contributed by atoms with Gasteiger partial charge in [-0.05, 0) is 96.3 Å². The summed E-state index contributed by atoms with van der Waals surface area (Å²) in [5, 5.41) is 54.3. The van der Waals surface area contributed by atoms with E-state index < -0.39 is 49.5 Å². The van der Waals surface area contributed by atoms with Crippen LogP contribution < -0.4 is 5.32 Å².